The Morgan fingerprint density at radius 1 is 1.32 bits per heavy atom. The zero-order chi connectivity index (χ0) is 21.1. The second kappa shape index (κ2) is 8.46. The number of carboxylic acids is 1. The Morgan fingerprint density at radius 2 is 1.93 bits per heavy atom. The average Bonchev–Trinajstić information content (AvgIpc) is 2.87. The molecule has 0 bridgehead atoms. The zero-order valence-electron chi connectivity index (χ0n) is 15.2. The first-order valence-corrected chi connectivity index (χ1v) is 8.87. The third kappa shape index (κ3) is 5.84. The van der Waals surface area contributed by atoms with Crippen LogP contribution in [-0.4, -0.2) is 45.2 Å². The van der Waals surface area contributed by atoms with E-state index in [0.29, 0.717) is 0 Å². The van der Waals surface area contributed by atoms with E-state index in [4.69, 9.17) is 9.84 Å². The molecule has 1 saturated heterocycles. The van der Waals surface area contributed by atoms with E-state index in [-0.39, 0.29) is 10.7 Å². The number of amidine groups is 1. The van der Waals surface area contributed by atoms with Gasteiger partial charge in [-0.1, -0.05) is 11.8 Å². The molecule has 0 aromatic heterocycles. The van der Waals surface area contributed by atoms with Crippen LogP contribution in [0.5, 0.6) is 0 Å². The van der Waals surface area contributed by atoms with Gasteiger partial charge in [0.25, 0.3) is 0 Å². The molecule has 0 spiro atoms. The van der Waals surface area contributed by atoms with Crippen molar-refractivity contribution in [1.29, 1.82) is 0 Å². The van der Waals surface area contributed by atoms with E-state index in [2.05, 4.69) is 15.5 Å². The highest BCUT2D eigenvalue weighted by molar-refractivity contribution is 8.15. The van der Waals surface area contributed by atoms with Crippen LogP contribution >= 0.6 is 11.8 Å². The highest BCUT2D eigenvalue weighted by atomic mass is 32.2. The molecule has 1 amide bonds. The molecule has 1 aliphatic heterocycles. The van der Waals surface area contributed by atoms with Crippen molar-refractivity contribution in [1.82, 2.24) is 5.32 Å². The van der Waals surface area contributed by atoms with Gasteiger partial charge in [-0.2, -0.15) is 5.10 Å². The lowest BCUT2D eigenvalue weighted by Crippen LogP contribution is -2.26. The van der Waals surface area contributed by atoms with Crippen LogP contribution in [0.1, 0.15) is 43.1 Å². The molecule has 0 aliphatic carbocycles. The molecule has 8 nitrogen and oxygen atoms in total. The number of carboxylic acid groups (broad SMARTS) is 1. The third-order valence-corrected chi connectivity index (χ3v) is 4.26. The maximum absolute atomic E-state index is 14.1. The predicted octanol–water partition coefficient (Wildman–Crippen LogP) is 2.32. The number of hydrogen-bond acceptors (Lipinski definition) is 7. The van der Waals surface area contributed by atoms with Crippen molar-refractivity contribution in [3.63, 3.8) is 0 Å². The van der Waals surface area contributed by atoms with Gasteiger partial charge in [0.05, 0.1) is 23.8 Å². The van der Waals surface area contributed by atoms with E-state index in [1.807, 2.05) is 0 Å². The predicted molar refractivity (Wildman–Crippen MR) is 98.3 cm³/mol. The summed E-state index contributed by atoms with van der Waals surface area (Å²) in [4.78, 5) is 34.1. The lowest BCUT2D eigenvalue weighted by atomic mass is 10.1. The average molecular weight is 413 g/mol. The van der Waals surface area contributed by atoms with E-state index < -0.39 is 52.3 Å². The highest BCUT2D eigenvalue weighted by Gasteiger charge is 2.32. The number of halogens is 2. The largest absolute Gasteiger partial charge is 0.481 e. The van der Waals surface area contributed by atoms with Crippen molar-refractivity contribution in [2.75, 3.05) is 0 Å². The van der Waals surface area contributed by atoms with Gasteiger partial charge in [-0.05, 0) is 32.9 Å². The molecule has 1 unspecified atom stereocenters. The maximum Gasteiger partial charge on any atom is 0.338 e. The van der Waals surface area contributed by atoms with Crippen molar-refractivity contribution in [3.05, 3.63) is 34.9 Å². The number of thioether (sulfide) groups is 1. The van der Waals surface area contributed by atoms with E-state index in [9.17, 15) is 23.2 Å². The van der Waals surface area contributed by atoms with Crippen molar-refractivity contribution in [3.8, 4) is 0 Å². The quantitative estimate of drug-likeness (QED) is 0.435. The summed E-state index contributed by atoms with van der Waals surface area (Å²) < 4.78 is 33.3. The summed E-state index contributed by atoms with van der Waals surface area (Å²) in [6, 6.07) is 1.64. The maximum atomic E-state index is 14.1. The highest BCUT2D eigenvalue weighted by Crippen LogP contribution is 2.22. The van der Waals surface area contributed by atoms with E-state index in [1.54, 1.807) is 20.8 Å². The van der Waals surface area contributed by atoms with E-state index >= 15 is 0 Å². The molecule has 1 heterocycles. The third-order valence-electron chi connectivity index (χ3n) is 3.19. The van der Waals surface area contributed by atoms with Crippen LogP contribution in [0, 0.1) is 11.6 Å². The molecule has 1 atom stereocenters. The van der Waals surface area contributed by atoms with Crippen LogP contribution in [0.4, 0.5) is 8.78 Å². The van der Waals surface area contributed by atoms with Crippen LogP contribution < -0.4 is 5.32 Å². The van der Waals surface area contributed by atoms with Crippen molar-refractivity contribution >= 4 is 41.0 Å². The number of amides is 1. The summed E-state index contributed by atoms with van der Waals surface area (Å²) >= 11 is 0.848. The SMILES string of the molecule is CC(C)(C)OC(=O)c1cc(F)c(C=NN=C2NC(=O)C(CC(=O)O)S2)c(F)c1. The smallest absolute Gasteiger partial charge is 0.338 e. The second-order valence-electron chi connectivity index (χ2n) is 6.70. The van der Waals surface area contributed by atoms with Crippen molar-refractivity contribution < 1.29 is 33.0 Å². The van der Waals surface area contributed by atoms with Crippen LogP contribution in [-0.2, 0) is 14.3 Å². The zero-order valence-corrected chi connectivity index (χ0v) is 16.0. The molecular weight excluding hydrogens is 396 g/mol. The number of carbonyl (C=O) groups excluding carboxylic acids is 2. The van der Waals surface area contributed by atoms with Gasteiger partial charge in [0.15, 0.2) is 5.17 Å². The minimum Gasteiger partial charge on any atom is -0.481 e. The van der Waals surface area contributed by atoms with Gasteiger partial charge in [-0.3, -0.25) is 9.59 Å². The normalized spacial score (nSPS) is 18.5. The van der Waals surface area contributed by atoms with Gasteiger partial charge in [0, 0.05) is 0 Å². The number of ether oxygens (including phenoxy) is 1. The molecular formula is C17H17F2N3O5S. The van der Waals surface area contributed by atoms with Crippen molar-refractivity contribution in [2.24, 2.45) is 10.2 Å². The topological polar surface area (TPSA) is 117 Å². The fraction of sp³-hybridized carbons (Fsp3) is 0.353. The molecule has 2 rings (SSSR count). The van der Waals surface area contributed by atoms with Crippen LogP contribution in [0.2, 0.25) is 0 Å². The summed E-state index contributed by atoms with van der Waals surface area (Å²) in [5.41, 5.74) is -1.64. The first kappa shape index (κ1) is 21.5. The van der Waals surface area contributed by atoms with Gasteiger partial charge in [0.1, 0.15) is 22.5 Å². The number of aliphatic carboxylic acids is 1. The molecule has 1 aromatic carbocycles. The van der Waals surface area contributed by atoms with E-state index in [1.165, 1.54) is 0 Å². The number of nitrogens with zero attached hydrogens (tertiary/aromatic N) is 2. The van der Waals surface area contributed by atoms with Crippen LogP contribution in [0.25, 0.3) is 0 Å². The molecule has 150 valence electrons. The monoisotopic (exact) mass is 413 g/mol. The van der Waals surface area contributed by atoms with Gasteiger partial charge in [-0.25, -0.2) is 13.6 Å². The lowest BCUT2D eigenvalue weighted by Gasteiger charge is -2.19. The van der Waals surface area contributed by atoms with E-state index in [0.717, 1.165) is 30.1 Å². The first-order chi connectivity index (χ1) is 13.0. The Bertz CT molecular complexity index is 857. The molecule has 0 radical (unpaired) electrons. The van der Waals surface area contributed by atoms with Crippen LogP contribution in [0.15, 0.2) is 22.3 Å². The molecule has 0 saturated carbocycles. The second-order valence-corrected chi connectivity index (χ2v) is 7.89. The molecule has 1 aliphatic rings. The fourth-order valence-electron chi connectivity index (χ4n) is 2.05. The van der Waals surface area contributed by atoms with Gasteiger partial charge in [0.2, 0.25) is 5.91 Å². The fourth-order valence-corrected chi connectivity index (χ4v) is 2.96. The Hall–Kier alpha value is -2.82. The summed E-state index contributed by atoms with van der Waals surface area (Å²) in [6.07, 6.45) is 0.391. The number of carbonyl (C=O) groups is 3. The Morgan fingerprint density at radius 3 is 2.46 bits per heavy atom. The number of hydrogen-bond donors (Lipinski definition) is 2. The Balaban J connectivity index is 2.13. The molecule has 28 heavy (non-hydrogen) atoms. The summed E-state index contributed by atoms with van der Waals surface area (Å²) in [5, 5.41) is 17.3. The molecule has 1 aromatic rings. The summed E-state index contributed by atoms with van der Waals surface area (Å²) in [5.74, 6) is -4.65. The number of benzene rings is 1. The molecule has 11 heteroatoms. The van der Waals surface area contributed by atoms with Gasteiger partial charge >= 0.3 is 11.9 Å². The van der Waals surface area contributed by atoms with Gasteiger partial charge < -0.3 is 15.2 Å². The first-order valence-electron chi connectivity index (χ1n) is 7.99. The van der Waals surface area contributed by atoms with Crippen LogP contribution in [0.3, 0.4) is 0 Å². The Labute approximate surface area is 163 Å². The minimum atomic E-state index is -1.15. The number of esters is 1. The lowest BCUT2D eigenvalue weighted by molar-refractivity contribution is -0.138. The van der Waals surface area contributed by atoms with Crippen molar-refractivity contribution in [2.45, 2.75) is 38.0 Å². The summed E-state index contributed by atoms with van der Waals surface area (Å²) in [6.45, 7) is 4.87. The summed E-state index contributed by atoms with van der Waals surface area (Å²) in [7, 11) is 0. The number of nitrogens with one attached hydrogen (secondary N) is 1. The number of rotatable bonds is 5. The molecule has 1 fully saturated rings. The molecule has 2 N–H and O–H groups in total. The minimum absolute atomic E-state index is 0.0127. The standard InChI is InChI=1S/C17H17F2N3O5S/c1-17(2,3)27-15(26)8-4-10(18)9(11(19)5-8)7-20-22-16-21-14(25)12(28-16)6-13(23)24/h4-5,7,12H,6H2,1-3H3,(H,23,24)(H,21,22,25). The Kier molecular flexibility index (Phi) is 6.49. The van der Waals surface area contributed by atoms with Gasteiger partial charge in [-0.15, -0.1) is 5.10 Å².